The lowest BCUT2D eigenvalue weighted by Gasteiger charge is -2.15. The van der Waals surface area contributed by atoms with Gasteiger partial charge in [0.1, 0.15) is 9.71 Å². The first kappa shape index (κ1) is 25.0. The molecule has 0 radical (unpaired) electrons. The zero-order valence-electron chi connectivity index (χ0n) is 19.5. The van der Waals surface area contributed by atoms with Gasteiger partial charge in [0, 0.05) is 31.8 Å². The first-order valence-corrected chi connectivity index (χ1v) is 13.2. The van der Waals surface area contributed by atoms with Crippen molar-refractivity contribution in [2.75, 3.05) is 16.4 Å². The molecule has 4 N–H and O–H groups in total. The smallest absolute Gasteiger partial charge is 0.267 e. The first-order chi connectivity index (χ1) is 17.8. The number of carbonyl (C=O) groups is 2. The first-order valence-electron chi connectivity index (χ1n) is 11.2. The number of aromatic nitrogens is 1. The van der Waals surface area contributed by atoms with Crippen LogP contribution in [0.5, 0.6) is 0 Å². The number of nitrogen functional groups attached to an aromatic ring is 1. The molecule has 184 valence electrons. The summed E-state index contributed by atoms with van der Waals surface area (Å²) in [6, 6.07) is 23.6. The van der Waals surface area contributed by atoms with E-state index in [1.165, 1.54) is 11.3 Å². The molecule has 0 saturated heterocycles. The number of rotatable bonds is 5. The number of aryl methyl sites for hydroxylation is 1. The Balaban J connectivity index is 1.67. The Morgan fingerprint density at radius 2 is 1.59 bits per heavy atom. The molecule has 0 aliphatic carbocycles. The lowest BCUT2D eigenvalue weighted by molar-refractivity contribution is 0.102. The zero-order valence-corrected chi connectivity index (χ0v) is 22.7. The Labute approximate surface area is 230 Å². The molecule has 0 aliphatic rings. The van der Waals surface area contributed by atoms with E-state index < -0.39 is 0 Å². The van der Waals surface area contributed by atoms with Crippen molar-refractivity contribution >= 4 is 78.0 Å². The summed E-state index contributed by atoms with van der Waals surface area (Å²) in [7, 11) is 0. The summed E-state index contributed by atoms with van der Waals surface area (Å²) >= 11 is 10.9. The number of nitrogens with two attached hydrogens (primary N) is 1. The highest BCUT2D eigenvalue weighted by atomic mass is 79.9. The van der Waals surface area contributed by atoms with Gasteiger partial charge in [-0.05, 0) is 61.0 Å². The molecular weight excluding hydrogens is 572 g/mol. The van der Waals surface area contributed by atoms with Gasteiger partial charge in [-0.15, -0.1) is 11.3 Å². The number of nitrogens with zero attached hydrogens (tertiary/aromatic N) is 1. The average molecular weight is 592 g/mol. The van der Waals surface area contributed by atoms with Crippen LogP contribution in [-0.2, 0) is 0 Å². The number of carbonyl (C=O) groups excluding carboxylic acids is 2. The molecule has 5 aromatic rings. The molecule has 9 heteroatoms. The van der Waals surface area contributed by atoms with Gasteiger partial charge in [-0.3, -0.25) is 9.59 Å². The lowest BCUT2D eigenvalue weighted by Crippen LogP contribution is -2.16. The topological polar surface area (TPSA) is 97.1 Å². The third kappa shape index (κ3) is 5.09. The number of fused-ring (bicyclic) bond motifs is 1. The molecule has 0 atom stereocenters. The van der Waals surface area contributed by atoms with E-state index in [2.05, 4.69) is 31.5 Å². The Bertz CT molecular complexity index is 1650. The largest absolute Gasteiger partial charge is 0.397 e. The maximum atomic E-state index is 13.6. The maximum Gasteiger partial charge on any atom is 0.267 e. The average Bonchev–Trinajstić information content (AvgIpc) is 3.21. The van der Waals surface area contributed by atoms with Crippen molar-refractivity contribution in [3.05, 3.63) is 104 Å². The van der Waals surface area contributed by atoms with Gasteiger partial charge in [-0.2, -0.15) is 0 Å². The van der Waals surface area contributed by atoms with Crippen LogP contribution >= 0.6 is 38.9 Å². The molecule has 0 bridgehead atoms. The van der Waals surface area contributed by atoms with Gasteiger partial charge < -0.3 is 16.4 Å². The van der Waals surface area contributed by atoms with Crippen molar-refractivity contribution in [3.8, 4) is 11.1 Å². The number of hydrogen-bond donors (Lipinski definition) is 3. The fourth-order valence-electron chi connectivity index (χ4n) is 4.08. The highest BCUT2D eigenvalue weighted by molar-refractivity contribution is 9.10. The number of pyridine rings is 1. The minimum atomic E-state index is -0.354. The molecular formula is C28H20BrClN4O2S. The molecule has 0 aliphatic heterocycles. The minimum Gasteiger partial charge on any atom is -0.397 e. The Hall–Kier alpha value is -3.72. The van der Waals surface area contributed by atoms with Crippen LogP contribution in [0.4, 0.5) is 17.1 Å². The second-order valence-electron chi connectivity index (χ2n) is 8.26. The normalized spacial score (nSPS) is 10.9. The van der Waals surface area contributed by atoms with Gasteiger partial charge >= 0.3 is 0 Å². The zero-order chi connectivity index (χ0) is 26.1. The van der Waals surface area contributed by atoms with Crippen LogP contribution in [0.3, 0.4) is 0 Å². The van der Waals surface area contributed by atoms with Gasteiger partial charge in [-0.25, -0.2) is 4.98 Å². The molecule has 5 rings (SSSR count). The number of amides is 2. The third-order valence-electron chi connectivity index (χ3n) is 5.74. The van der Waals surface area contributed by atoms with E-state index >= 15 is 0 Å². The summed E-state index contributed by atoms with van der Waals surface area (Å²) < 4.78 is 0.902. The fourth-order valence-corrected chi connectivity index (χ4v) is 5.58. The number of hydrogen-bond acceptors (Lipinski definition) is 5. The fraction of sp³-hybridized carbons (Fsp3) is 0.0357. The Morgan fingerprint density at radius 3 is 2.30 bits per heavy atom. The van der Waals surface area contributed by atoms with E-state index in [9.17, 15) is 9.59 Å². The molecule has 37 heavy (non-hydrogen) atoms. The molecule has 6 nitrogen and oxygen atoms in total. The number of benzene rings is 3. The van der Waals surface area contributed by atoms with Crippen LogP contribution < -0.4 is 16.4 Å². The summed E-state index contributed by atoms with van der Waals surface area (Å²) in [5.74, 6) is -0.688. The third-order valence-corrected chi connectivity index (χ3v) is 7.60. The van der Waals surface area contributed by atoms with E-state index in [0.717, 1.165) is 4.47 Å². The van der Waals surface area contributed by atoms with Crippen LogP contribution in [0.25, 0.3) is 21.3 Å². The minimum absolute atomic E-state index is 0.255. The molecule has 0 spiro atoms. The molecule has 3 aromatic carbocycles. The van der Waals surface area contributed by atoms with E-state index in [0.29, 0.717) is 53.9 Å². The van der Waals surface area contributed by atoms with Crippen molar-refractivity contribution in [1.82, 2.24) is 4.98 Å². The van der Waals surface area contributed by atoms with Crippen molar-refractivity contribution in [1.29, 1.82) is 0 Å². The molecule has 0 unspecified atom stereocenters. The van der Waals surface area contributed by atoms with Gasteiger partial charge in [-0.1, -0.05) is 57.9 Å². The van der Waals surface area contributed by atoms with Crippen molar-refractivity contribution < 1.29 is 9.59 Å². The predicted octanol–water partition coefficient (Wildman–Crippen LogP) is 7.77. The van der Waals surface area contributed by atoms with Crippen LogP contribution in [0, 0.1) is 6.92 Å². The predicted molar refractivity (Wildman–Crippen MR) is 156 cm³/mol. The molecule has 2 aromatic heterocycles. The van der Waals surface area contributed by atoms with E-state index in [-0.39, 0.29) is 17.5 Å². The molecule has 2 heterocycles. The van der Waals surface area contributed by atoms with Crippen molar-refractivity contribution in [2.45, 2.75) is 6.92 Å². The Kier molecular flexibility index (Phi) is 6.97. The van der Waals surface area contributed by atoms with Crippen LogP contribution in [0.1, 0.15) is 25.7 Å². The second-order valence-corrected chi connectivity index (χ2v) is 10.6. The monoisotopic (exact) mass is 590 g/mol. The second kappa shape index (κ2) is 10.3. The summed E-state index contributed by atoms with van der Waals surface area (Å²) in [4.78, 5) is 32.3. The number of anilines is 3. The van der Waals surface area contributed by atoms with Gasteiger partial charge in [0.05, 0.1) is 16.9 Å². The van der Waals surface area contributed by atoms with Gasteiger partial charge in [0.25, 0.3) is 11.8 Å². The molecule has 2 amide bonds. The number of thiophene rings is 1. The van der Waals surface area contributed by atoms with E-state index in [1.807, 2.05) is 54.6 Å². The summed E-state index contributed by atoms with van der Waals surface area (Å²) in [6.07, 6.45) is 0. The standard InChI is InChI=1S/C28H20BrClN4O2S/c1-15-21(26(35)33-19-8-3-2-4-9-19)22(16-6-5-7-18(30)14-16)23-24(31)25(37-28(23)32-15)27(36)34-20-12-10-17(29)11-13-20/h2-14H,31H2,1H3,(H,33,35)(H,34,36). The lowest BCUT2D eigenvalue weighted by atomic mass is 9.94. The number of halogens is 2. The SMILES string of the molecule is Cc1nc2sc(C(=O)Nc3ccc(Br)cc3)c(N)c2c(-c2cccc(Cl)c2)c1C(=O)Nc1ccccc1. The van der Waals surface area contributed by atoms with Crippen molar-refractivity contribution in [3.63, 3.8) is 0 Å². The van der Waals surface area contributed by atoms with Crippen LogP contribution in [0.2, 0.25) is 5.02 Å². The number of nitrogens with one attached hydrogen (secondary N) is 2. The van der Waals surface area contributed by atoms with Crippen molar-refractivity contribution in [2.24, 2.45) is 0 Å². The molecule has 0 fully saturated rings. The maximum absolute atomic E-state index is 13.6. The van der Waals surface area contributed by atoms with Crippen LogP contribution in [-0.4, -0.2) is 16.8 Å². The van der Waals surface area contributed by atoms with E-state index in [4.69, 9.17) is 17.3 Å². The summed E-state index contributed by atoms with van der Waals surface area (Å²) in [6.45, 7) is 1.77. The van der Waals surface area contributed by atoms with Gasteiger partial charge in [0.15, 0.2) is 0 Å². The summed E-state index contributed by atoms with van der Waals surface area (Å²) in [5.41, 5.74) is 10.3. The number of para-hydroxylation sites is 1. The molecule has 0 saturated carbocycles. The van der Waals surface area contributed by atoms with Crippen LogP contribution in [0.15, 0.2) is 83.3 Å². The highest BCUT2D eigenvalue weighted by Crippen LogP contribution is 2.43. The van der Waals surface area contributed by atoms with Gasteiger partial charge in [0.2, 0.25) is 0 Å². The summed E-state index contributed by atoms with van der Waals surface area (Å²) in [5, 5.41) is 6.87. The Morgan fingerprint density at radius 1 is 0.919 bits per heavy atom. The highest BCUT2D eigenvalue weighted by Gasteiger charge is 2.27. The van der Waals surface area contributed by atoms with E-state index in [1.54, 1.807) is 31.2 Å². The quantitative estimate of drug-likeness (QED) is 0.194.